The van der Waals surface area contributed by atoms with Crippen molar-refractivity contribution in [2.45, 2.75) is 23.6 Å². The Morgan fingerprint density at radius 3 is 2.44 bits per heavy atom. The SMILES string of the molecule is CC(C)C(Br)CNS(=O)(=O)c1cc(Br)ccc1Br. The molecule has 0 aliphatic heterocycles. The predicted molar refractivity (Wildman–Crippen MR) is 84.6 cm³/mol. The smallest absolute Gasteiger partial charge is 0.210 e. The van der Waals surface area contributed by atoms with Gasteiger partial charge in [0.15, 0.2) is 0 Å². The summed E-state index contributed by atoms with van der Waals surface area (Å²) in [6.07, 6.45) is 0. The van der Waals surface area contributed by atoms with Crippen molar-refractivity contribution in [3.8, 4) is 0 Å². The van der Waals surface area contributed by atoms with Crippen LogP contribution in [0.5, 0.6) is 0 Å². The minimum Gasteiger partial charge on any atom is -0.210 e. The molecular formula is C11H14Br3NO2S. The average molecular weight is 464 g/mol. The summed E-state index contributed by atoms with van der Waals surface area (Å²) in [4.78, 5) is 0.346. The lowest BCUT2D eigenvalue weighted by atomic mass is 10.1. The van der Waals surface area contributed by atoms with E-state index in [1.54, 1.807) is 18.2 Å². The maximum absolute atomic E-state index is 12.1. The van der Waals surface area contributed by atoms with Crippen LogP contribution < -0.4 is 4.72 Å². The van der Waals surface area contributed by atoms with Crippen LogP contribution in [0, 0.1) is 5.92 Å². The Balaban J connectivity index is 2.90. The summed E-state index contributed by atoms with van der Waals surface area (Å²) < 4.78 is 28.2. The summed E-state index contributed by atoms with van der Waals surface area (Å²) in [5.41, 5.74) is 0. The predicted octanol–water partition coefficient (Wildman–Crippen LogP) is 3.91. The second kappa shape index (κ2) is 6.83. The molecule has 0 fully saturated rings. The summed E-state index contributed by atoms with van der Waals surface area (Å²) in [5.74, 6) is 0.360. The minimum atomic E-state index is -3.50. The van der Waals surface area contributed by atoms with Gasteiger partial charge in [-0.2, -0.15) is 0 Å². The maximum atomic E-state index is 12.1. The summed E-state index contributed by atoms with van der Waals surface area (Å²) in [5, 5.41) is 0. The molecule has 102 valence electrons. The van der Waals surface area contributed by atoms with Crippen LogP contribution in [-0.4, -0.2) is 19.8 Å². The normalized spacial score (nSPS) is 13.9. The summed E-state index contributed by atoms with van der Waals surface area (Å²) in [7, 11) is -3.50. The molecule has 0 amide bonds. The zero-order valence-electron chi connectivity index (χ0n) is 9.95. The summed E-state index contributed by atoms with van der Waals surface area (Å²) in [6, 6.07) is 5.06. The van der Waals surface area contributed by atoms with E-state index in [1.807, 2.05) is 13.8 Å². The maximum Gasteiger partial charge on any atom is 0.241 e. The van der Waals surface area contributed by atoms with Gasteiger partial charge in [-0.25, -0.2) is 13.1 Å². The fraction of sp³-hybridized carbons (Fsp3) is 0.455. The number of hydrogen-bond acceptors (Lipinski definition) is 2. The molecule has 1 N–H and O–H groups in total. The fourth-order valence-corrected chi connectivity index (χ4v) is 4.12. The Bertz CT molecular complexity index is 517. The van der Waals surface area contributed by atoms with Crippen LogP contribution in [0.4, 0.5) is 0 Å². The first-order valence-corrected chi connectivity index (χ1v) is 9.31. The van der Waals surface area contributed by atoms with Gasteiger partial charge < -0.3 is 0 Å². The van der Waals surface area contributed by atoms with Crippen molar-refractivity contribution in [1.82, 2.24) is 4.72 Å². The molecule has 0 saturated carbocycles. The van der Waals surface area contributed by atoms with Crippen LogP contribution in [0.25, 0.3) is 0 Å². The quantitative estimate of drug-likeness (QED) is 0.673. The van der Waals surface area contributed by atoms with Crippen molar-refractivity contribution in [2.75, 3.05) is 6.54 Å². The molecule has 1 aromatic rings. The fourth-order valence-electron chi connectivity index (χ4n) is 1.19. The highest BCUT2D eigenvalue weighted by atomic mass is 79.9. The Morgan fingerprint density at radius 1 is 1.28 bits per heavy atom. The molecule has 1 atom stereocenters. The van der Waals surface area contributed by atoms with Crippen molar-refractivity contribution < 1.29 is 8.42 Å². The molecule has 18 heavy (non-hydrogen) atoms. The second-order valence-electron chi connectivity index (χ2n) is 4.19. The van der Waals surface area contributed by atoms with Crippen LogP contribution in [0.1, 0.15) is 13.8 Å². The van der Waals surface area contributed by atoms with Gasteiger partial charge in [-0.3, -0.25) is 0 Å². The number of halogens is 3. The van der Waals surface area contributed by atoms with Crippen molar-refractivity contribution in [1.29, 1.82) is 0 Å². The molecule has 1 unspecified atom stereocenters. The number of sulfonamides is 1. The van der Waals surface area contributed by atoms with Gasteiger partial charge in [0.25, 0.3) is 0 Å². The Morgan fingerprint density at radius 2 is 1.89 bits per heavy atom. The monoisotopic (exact) mass is 461 g/mol. The second-order valence-corrected chi connectivity index (χ2v) is 8.87. The topological polar surface area (TPSA) is 46.2 Å². The zero-order valence-corrected chi connectivity index (χ0v) is 15.5. The first-order chi connectivity index (χ1) is 8.24. The van der Waals surface area contributed by atoms with E-state index in [4.69, 9.17) is 0 Å². The van der Waals surface area contributed by atoms with E-state index in [1.165, 1.54) is 0 Å². The first kappa shape index (κ1) is 16.6. The van der Waals surface area contributed by atoms with Crippen LogP contribution in [0.2, 0.25) is 0 Å². The largest absolute Gasteiger partial charge is 0.241 e. The van der Waals surface area contributed by atoms with E-state index >= 15 is 0 Å². The Hall–Kier alpha value is 0.570. The minimum absolute atomic E-state index is 0.109. The highest BCUT2D eigenvalue weighted by Gasteiger charge is 2.20. The van der Waals surface area contributed by atoms with Gasteiger partial charge in [-0.05, 0) is 40.0 Å². The van der Waals surface area contributed by atoms with E-state index in [0.717, 1.165) is 4.47 Å². The first-order valence-electron chi connectivity index (χ1n) is 5.33. The molecule has 7 heteroatoms. The highest BCUT2D eigenvalue weighted by molar-refractivity contribution is 9.11. The van der Waals surface area contributed by atoms with Crippen molar-refractivity contribution >= 4 is 57.8 Å². The molecule has 0 bridgehead atoms. The molecule has 1 aromatic carbocycles. The van der Waals surface area contributed by atoms with Gasteiger partial charge in [-0.1, -0.05) is 45.7 Å². The van der Waals surface area contributed by atoms with E-state index < -0.39 is 10.0 Å². The van der Waals surface area contributed by atoms with Crippen LogP contribution in [0.15, 0.2) is 32.0 Å². The molecule has 0 heterocycles. The van der Waals surface area contributed by atoms with Crippen molar-refractivity contribution in [2.24, 2.45) is 5.92 Å². The molecule has 0 saturated heterocycles. The lowest BCUT2D eigenvalue weighted by Gasteiger charge is -2.15. The molecular weight excluding hydrogens is 450 g/mol. The number of benzene rings is 1. The van der Waals surface area contributed by atoms with Crippen LogP contribution in [0.3, 0.4) is 0 Å². The lowest BCUT2D eigenvalue weighted by Crippen LogP contribution is -2.32. The molecule has 0 radical (unpaired) electrons. The van der Waals surface area contributed by atoms with Crippen molar-refractivity contribution in [3.05, 3.63) is 27.1 Å². The lowest BCUT2D eigenvalue weighted by molar-refractivity contribution is 0.562. The van der Waals surface area contributed by atoms with E-state index in [9.17, 15) is 8.42 Å². The summed E-state index contributed by atoms with van der Waals surface area (Å²) in [6.45, 7) is 4.42. The van der Waals surface area contributed by atoms with Crippen molar-refractivity contribution in [3.63, 3.8) is 0 Å². The van der Waals surface area contributed by atoms with Crippen LogP contribution in [-0.2, 0) is 10.0 Å². The third-order valence-electron chi connectivity index (χ3n) is 2.37. The van der Waals surface area contributed by atoms with E-state index in [0.29, 0.717) is 16.9 Å². The van der Waals surface area contributed by atoms with Crippen LogP contribution >= 0.6 is 47.8 Å². The van der Waals surface area contributed by atoms with Gasteiger partial charge in [0.2, 0.25) is 10.0 Å². The zero-order chi connectivity index (χ0) is 13.9. The third kappa shape index (κ3) is 4.59. The molecule has 1 rings (SSSR count). The number of rotatable bonds is 5. The van der Waals surface area contributed by atoms with Gasteiger partial charge in [-0.15, -0.1) is 0 Å². The molecule has 3 nitrogen and oxygen atoms in total. The number of hydrogen-bond donors (Lipinski definition) is 1. The standard InChI is InChI=1S/C11H14Br3NO2S/c1-7(2)10(14)6-15-18(16,17)11-5-8(12)3-4-9(11)13/h3-5,7,10,15H,6H2,1-2H3. The van der Waals surface area contributed by atoms with Gasteiger partial charge in [0.05, 0.1) is 4.90 Å². The number of nitrogens with one attached hydrogen (secondary N) is 1. The number of alkyl halides is 1. The molecule has 0 aliphatic carbocycles. The summed E-state index contributed by atoms with van der Waals surface area (Å²) >= 11 is 9.97. The molecule has 0 aromatic heterocycles. The Kier molecular flexibility index (Phi) is 6.31. The average Bonchev–Trinajstić information content (AvgIpc) is 2.29. The van der Waals surface area contributed by atoms with Gasteiger partial charge in [0, 0.05) is 20.3 Å². The molecule has 0 spiro atoms. The third-order valence-corrected chi connectivity index (χ3v) is 6.67. The van der Waals surface area contributed by atoms with Gasteiger partial charge >= 0.3 is 0 Å². The van der Waals surface area contributed by atoms with Gasteiger partial charge in [0.1, 0.15) is 0 Å². The van der Waals surface area contributed by atoms with E-state index in [-0.39, 0.29) is 9.72 Å². The van der Waals surface area contributed by atoms with E-state index in [2.05, 4.69) is 52.5 Å². The highest BCUT2D eigenvalue weighted by Crippen LogP contribution is 2.25. The molecule has 0 aliphatic rings. The Labute approximate surface area is 133 Å².